The van der Waals surface area contributed by atoms with Crippen LogP contribution < -0.4 is 10.1 Å². The second-order valence-electron chi connectivity index (χ2n) is 9.23. The van der Waals surface area contributed by atoms with Gasteiger partial charge in [-0.1, -0.05) is 12.1 Å². The molecule has 9 heteroatoms. The van der Waals surface area contributed by atoms with Crippen molar-refractivity contribution in [3.63, 3.8) is 0 Å². The van der Waals surface area contributed by atoms with Gasteiger partial charge in [-0.2, -0.15) is 0 Å². The third-order valence-electron chi connectivity index (χ3n) is 6.95. The monoisotopic (exact) mass is 456 g/mol. The normalized spacial score (nSPS) is 25.5. The molecule has 1 unspecified atom stereocenters. The number of carbonyl (C=O) groups is 1. The van der Waals surface area contributed by atoms with Crippen LogP contribution in [0.2, 0.25) is 0 Å². The van der Waals surface area contributed by atoms with Crippen molar-refractivity contribution in [1.82, 2.24) is 10.2 Å². The molecule has 1 saturated carbocycles. The maximum Gasteiger partial charge on any atom is 0.272 e. The molecule has 2 saturated heterocycles. The van der Waals surface area contributed by atoms with E-state index < -0.39 is 28.1 Å². The zero-order chi connectivity index (χ0) is 22.1. The van der Waals surface area contributed by atoms with E-state index in [1.807, 2.05) is 12.1 Å². The molecule has 1 aromatic carbocycles. The molecule has 6 nitrogen and oxygen atoms in total. The minimum atomic E-state index is -3.26. The summed E-state index contributed by atoms with van der Waals surface area (Å²) in [5, 5.41) is 2.12. The van der Waals surface area contributed by atoms with Crippen molar-refractivity contribution < 1.29 is 26.7 Å². The fourth-order valence-corrected chi connectivity index (χ4v) is 6.94. The summed E-state index contributed by atoms with van der Waals surface area (Å²) in [6, 6.07) is 7.38. The van der Waals surface area contributed by atoms with Gasteiger partial charge >= 0.3 is 0 Å². The lowest BCUT2D eigenvalue weighted by atomic mass is 9.60. The van der Waals surface area contributed by atoms with Crippen molar-refractivity contribution in [3.05, 3.63) is 29.8 Å². The van der Waals surface area contributed by atoms with Crippen LogP contribution in [0.4, 0.5) is 8.78 Å². The molecule has 1 aliphatic carbocycles. The summed E-state index contributed by atoms with van der Waals surface area (Å²) in [6.07, 6.45) is 2.53. The van der Waals surface area contributed by atoms with Crippen LogP contribution in [0.15, 0.2) is 24.3 Å². The second kappa shape index (κ2) is 9.02. The summed E-state index contributed by atoms with van der Waals surface area (Å²) in [4.78, 5) is 14.7. The first-order valence-corrected chi connectivity index (χ1v) is 12.7. The number of carbonyl (C=O) groups excluding carboxylic acids is 1. The predicted octanol–water partition coefficient (Wildman–Crippen LogP) is 2.77. The highest BCUT2D eigenvalue weighted by Gasteiger charge is 2.47. The minimum Gasteiger partial charge on any atom is -0.488 e. The van der Waals surface area contributed by atoms with Crippen molar-refractivity contribution in [2.45, 2.75) is 62.8 Å². The van der Waals surface area contributed by atoms with E-state index in [4.69, 9.17) is 4.74 Å². The standard InChI is InChI=1S/C22H30F2N2O4S/c23-20(24)15-30-18-5-3-16(4-6-18)14-26-9-7-22(8-10-26)12-17(13-22)25-21(27)19-2-1-11-31(19,28)29/h3-6,17,19-20H,1-2,7-15H2,(H,25,27). The van der Waals surface area contributed by atoms with Crippen molar-refractivity contribution in [2.75, 3.05) is 25.4 Å². The Morgan fingerprint density at radius 1 is 1.19 bits per heavy atom. The highest BCUT2D eigenvalue weighted by atomic mass is 32.2. The number of halogens is 2. The van der Waals surface area contributed by atoms with Crippen LogP contribution in [0.25, 0.3) is 0 Å². The lowest BCUT2D eigenvalue weighted by Gasteiger charge is -2.52. The van der Waals surface area contributed by atoms with Crippen LogP contribution in [0.5, 0.6) is 5.75 Å². The predicted molar refractivity (Wildman–Crippen MR) is 113 cm³/mol. The lowest BCUT2D eigenvalue weighted by Crippen LogP contribution is -2.56. The highest BCUT2D eigenvalue weighted by Crippen LogP contribution is 2.49. The number of nitrogens with zero attached hydrogens (tertiary/aromatic N) is 1. The van der Waals surface area contributed by atoms with Crippen molar-refractivity contribution in [2.24, 2.45) is 5.41 Å². The van der Waals surface area contributed by atoms with Crippen molar-refractivity contribution >= 4 is 15.7 Å². The molecule has 4 rings (SSSR count). The van der Waals surface area contributed by atoms with Gasteiger partial charge < -0.3 is 10.1 Å². The summed E-state index contributed by atoms with van der Waals surface area (Å²) in [6.45, 7) is 2.17. The average molecular weight is 457 g/mol. The summed E-state index contributed by atoms with van der Waals surface area (Å²) in [5.41, 5.74) is 1.38. The zero-order valence-electron chi connectivity index (χ0n) is 17.6. The minimum absolute atomic E-state index is 0.0932. The van der Waals surface area contributed by atoms with Gasteiger partial charge in [-0.25, -0.2) is 17.2 Å². The van der Waals surface area contributed by atoms with Gasteiger partial charge in [0.2, 0.25) is 5.91 Å². The van der Waals surface area contributed by atoms with E-state index >= 15 is 0 Å². The molecule has 172 valence electrons. The van der Waals surface area contributed by atoms with Gasteiger partial charge in [-0.15, -0.1) is 0 Å². The van der Waals surface area contributed by atoms with E-state index in [0.29, 0.717) is 18.6 Å². The van der Waals surface area contributed by atoms with Crippen LogP contribution in [-0.2, 0) is 21.2 Å². The number of likely N-dealkylation sites (tertiary alicyclic amines) is 1. The Hall–Kier alpha value is -1.74. The maximum absolute atomic E-state index is 12.3. The Kier molecular flexibility index (Phi) is 6.53. The molecule has 0 bridgehead atoms. The number of benzene rings is 1. The molecule has 1 N–H and O–H groups in total. The molecule has 1 amide bonds. The molecule has 1 spiro atoms. The molecule has 1 atom stereocenters. The van der Waals surface area contributed by atoms with E-state index in [1.54, 1.807) is 12.1 Å². The number of hydrogen-bond acceptors (Lipinski definition) is 5. The van der Waals surface area contributed by atoms with Crippen molar-refractivity contribution in [1.29, 1.82) is 0 Å². The Balaban J connectivity index is 1.19. The summed E-state index contributed by atoms with van der Waals surface area (Å²) in [5.74, 6) is 0.270. The van der Waals surface area contributed by atoms with E-state index in [2.05, 4.69) is 10.2 Å². The van der Waals surface area contributed by atoms with Crippen LogP contribution >= 0.6 is 0 Å². The number of nitrogens with one attached hydrogen (secondary N) is 1. The first kappa shape index (κ1) is 22.5. The number of hydrogen-bond donors (Lipinski definition) is 1. The molecule has 31 heavy (non-hydrogen) atoms. The smallest absolute Gasteiger partial charge is 0.272 e. The average Bonchev–Trinajstić information content (AvgIpc) is 3.07. The Bertz CT molecular complexity index is 875. The summed E-state index contributed by atoms with van der Waals surface area (Å²) in [7, 11) is -3.26. The van der Waals surface area contributed by atoms with Gasteiger partial charge in [-0.05, 0) is 74.7 Å². The number of amides is 1. The Morgan fingerprint density at radius 3 is 2.45 bits per heavy atom. The Labute approximate surface area is 182 Å². The topological polar surface area (TPSA) is 75.7 Å². The SMILES string of the molecule is O=C(NC1CC2(CCN(Cc3ccc(OCC(F)F)cc3)CC2)C1)C1CCCS1(=O)=O. The van der Waals surface area contributed by atoms with Crippen LogP contribution in [0.1, 0.15) is 44.1 Å². The fourth-order valence-electron chi connectivity index (χ4n) is 5.17. The summed E-state index contributed by atoms with van der Waals surface area (Å²) >= 11 is 0. The molecule has 3 fully saturated rings. The number of piperidine rings is 1. The largest absolute Gasteiger partial charge is 0.488 e. The second-order valence-corrected chi connectivity index (χ2v) is 11.5. The van der Waals surface area contributed by atoms with Crippen molar-refractivity contribution in [3.8, 4) is 5.75 Å². The summed E-state index contributed by atoms with van der Waals surface area (Å²) < 4.78 is 53.3. The van der Waals surface area contributed by atoms with Crippen LogP contribution in [0.3, 0.4) is 0 Å². The maximum atomic E-state index is 12.3. The number of rotatable bonds is 7. The quantitative estimate of drug-likeness (QED) is 0.683. The van der Waals surface area contributed by atoms with Gasteiger partial charge in [0.25, 0.3) is 6.43 Å². The third-order valence-corrected chi connectivity index (χ3v) is 9.12. The molecule has 3 aliphatic rings. The molecule has 0 aromatic heterocycles. The molecular weight excluding hydrogens is 426 g/mol. The zero-order valence-corrected chi connectivity index (χ0v) is 18.4. The van der Waals surface area contributed by atoms with E-state index in [1.165, 1.54) is 0 Å². The lowest BCUT2D eigenvalue weighted by molar-refractivity contribution is -0.123. The number of sulfone groups is 1. The first-order chi connectivity index (χ1) is 14.7. The first-order valence-electron chi connectivity index (χ1n) is 11.0. The van der Waals surface area contributed by atoms with Gasteiger partial charge in [0.1, 0.15) is 17.6 Å². The molecular formula is C22H30F2N2O4S. The number of alkyl halides is 2. The Morgan fingerprint density at radius 2 is 1.87 bits per heavy atom. The molecule has 2 aliphatic heterocycles. The van der Waals surface area contributed by atoms with Gasteiger partial charge in [0.15, 0.2) is 9.84 Å². The van der Waals surface area contributed by atoms with E-state index in [-0.39, 0.29) is 23.1 Å². The molecule has 2 heterocycles. The molecule has 1 aromatic rings. The van der Waals surface area contributed by atoms with Gasteiger partial charge in [0, 0.05) is 12.6 Å². The number of ether oxygens (including phenoxy) is 1. The van der Waals surface area contributed by atoms with Crippen LogP contribution in [0, 0.1) is 5.41 Å². The highest BCUT2D eigenvalue weighted by molar-refractivity contribution is 7.93. The van der Waals surface area contributed by atoms with Gasteiger partial charge in [-0.3, -0.25) is 9.69 Å². The fraction of sp³-hybridized carbons (Fsp3) is 0.682. The van der Waals surface area contributed by atoms with E-state index in [9.17, 15) is 22.0 Å². The van der Waals surface area contributed by atoms with Gasteiger partial charge in [0.05, 0.1) is 5.75 Å². The third kappa shape index (κ3) is 5.37. The molecule has 0 radical (unpaired) electrons. The van der Waals surface area contributed by atoms with E-state index in [0.717, 1.165) is 50.9 Å². The van der Waals surface area contributed by atoms with Crippen LogP contribution in [-0.4, -0.2) is 62.4 Å².